The van der Waals surface area contributed by atoms with E-state index in [0.717, 1.165) is 0 Å². The van der Waals surface area contributed by atoms with E-state index in [4.69, 9.17) is 33.0 Å². The minimum atomic E-state index is -0.986. The van der Waals surface area contributed by atoms with Crippen LogP contribution in [0.25, 0.3) is 0 Å². The Balaban J connectivity index is 1.98. The molecule has 0 spiro atoms. The zero-order valence-corrected chi connectivity index (χ0v) is 15.6. The molecule has 23 heavy (non-hydrogen) atoms. The van der Waals surface area contributed by atoms with E-state index in [-0.39, 0.29) is 38.3 Å². The van der Waals surface area contributed by atoms with Crippen LogP contribution in [0.1, 0.15) is 15.9 Å². The summed E-state index contributed by atoms with van der Waals surface area (Å²) in [5.74, 6) is -0.182. The van der Waals surface area contributed by atoms with Gasteiger partial charge in [-0.2, -0.15) is 0 Å². The van der Waals surface area contributed by atoms with Gasteiger partial charge in [0, 0.05) is 30.8 Å². The standard InChI is InChI=1S/C14H13Cl2IN2O4/c15-10-3-8-9(11(16)12(10)17)6-23-5-7-4-18(14(21)22)1-2-19(7)13(8)20/h3,7H,1-2,4-6H2,(H,21,22)/t7-/m1/s1. The molecule has 1 saturated heterocycles. The van der Waals surface area contributed by atoms with Gasteiger partial charge in [-0.15, -0.1) is 0 Å². The normalized spacial score (nSPS) is 21.3. The Bertz CT molecular complexity index is 685. The third kappa shape index (κ3) is 3.11. The minimum absolute atomic E-state index is 0.182. The summed E-state index contributed by atoms with van der Waals surface area (Å²) in [5.41, 5.74) is 1.05. The molecule has 2 aliphatic heterocycles. The number of halogens is 3. The maximum Gasteiger partial charge on any atom is 0.407 e. The number of benzene rings is 1. The average Bonchev–Trinajstić information content (AvgIpc) is 2.52. The van der Waals surface area contributed by atoms with E-state index in [9.17, 15) is 9.59 Å². The molecule has 0 saturated carbocycles. The highest BCUT2D eigenvalue weighted by molar-refractivity contribution is 14.1. The van der Waals surface area contributed by atoms with Gasteiger partial charge in [0.2, 0.25) is 0 Å². The van der Waals surface area contributed by atoms with Crippen molar-refractivity contribution >= 4 is 57.8 Å². The van der Waals surface area contributed by atoms with Gasteiger partial charge in [0.1, 0.15) is 0 Å². The van der Waals surface area contributed by atoms with Gasteiger partial charge in [-0.3, -0.25) is 4.79 Å². The predicted octanol–water partition coefficient (Wildman–Crippen LogP) is 2.93. The van der Waals surface area contributed by atoms with Crippen LogP contribution in [0.3, 0.4) is 0 Å². The molecule has 0 unspecified atom stereocenters. The summed E-state index contributed by atoms with van der Waals surface area (Å²) in [6, 6.07) is 1.31. The van der Waals surface area contributed by atoms with E-state index in [1.807, 2.05) is 22.6 Å². The Morgan fingerprint density at radius 3 is 2.83 bits per heavy atom. The monoisotopic (exact) mass is 470 g/mol. The van der Waals surface area contributed by atoms with Crippen LogP contribution in [0.15, 0.2) is 6.07 Å². The molecule has 2 amide bonds. The van der Waals surface area contributed by atoms with Crippen LogP contribution < -0.4 is 0 Å². The molecular weight excluding hydrogens is 458 g/mol. The third-order valence-electron chi connectivity index (χ3n) is 4.06. The van der Waals surface area contributed by atoms with Crippen molar-refractivity contribution in [1.29, 1.82) is 0 Å². The van der Waals surface area contributed by atoms with Crippen LogP contribution in [-0.2, 0) is 11.3 Å². The minimum Gasteiger partial charge on any atom is -0.465 e. The predicted molar refractivity (Wildman–Crippen MR) is 93.3 cm³/mol. The first-order chi connectivity index (χ1) is 10.9. The molecule has 0 aromatic heterocycles. The fraction of sp³-hybridized carbons (Fsp3) is 0.429. The maximum atomic E-state index is 12.9. The summed E-state index contributed by atoms with van der Waals surface area (Å²) in [6.07, 6.45) is -0.986. The molecule has 0 radical (unpaired) electrons. The average molecular weight is 471 g/mol. The van der Waals surface area contributed by atoms with Crippen LogP contribution in [0.2, 0.25) is 10.0 Å². The summed E-state index contributed by atoms with van der Waals surface area (Å²) in [5, 5.41) is 9.98. The van der Waals surface area contributed by atoms with Gasteiger partial charge in [-0.25, -0.2) is 4.79 Å². The molecule has 3 rings (SSSR count). The van der Waals surface area contributed by atoms with E-state index in [2.05, 4.69) is 0 Å². The highest BCUT2D eigenvalue weighted by Crippen LogP contribution is 2.35. The molecule has 2 aliphatic rings. The number of fused-ring (bicyclic) bond motifs is 2. The maximum absolute atomic E-state index is 12.9. The second-order valence-electron chi connectivity index (χ2n) is 5.41. The Labute approximate surface area is 156 Å². The topological polar surface area (TPSA) is 70.1 Å². The molecule has 1 N–H and O–H groups in total. The lowest BCUT2D eigenvalue weighted by Crippen LogP contribution is -2.58. The largest absolute Gasteiger partial charge is 0.465 e. The lowest BCUT2D eigenvalue weighted by molar-refractivity contribution is 0.00411. The van der Waals surface area contributed by atoms with Gasteiger partial charge in [-0.1, -0.05) is 23.2 Å². The van der Waals surface area contributed by atoms with E-state index >= 15 is 0 Å². The first kappa shape index (κ1) is 17.1. The van der Waals surface area contributed by atoms with Crippen molar-refractivity contribution in [3.63, 3.8) is 0 Å². The first-order valence-electron chi connectivity index (χ1n) is 6.93. The number of piperazine rings is 1. The summed E-state index contributed by atoms with van der Waals surface area (Å²) in [4.78, 5) is 27.0. The van der Waals surface area contributed by atoms with Crippen LogP contribution in [0, 0.1) is 3.57 Å². The van der Waals surface area contributed by atoms with Gasteiger partial charge >= 0.3 is 6.09 Å². The summed E-state index contributed by atoms with van der Waals surface area (Å²) < 4.78 is 6.37. The van der Waals surface area contributed by atoms with Crippen molar-refractivity contribution in [1.82, 2.24) is 9.80 Å². The molecule has 0 bridgehead atoms. The molecule has 6 nitrogen and oxygen atoms in total. The van der Waals surface area contributed by atoms with Crippen LogP contribution in [-0.4, -0.2) is 59.2 Å². The number of carbonyl (C=O) groups excluding carboxylic acids is 1. The fourth-order valence-corrected chi connectivity index (χ4v) is 3.85. The molecule has 0 aliphatic carbocycles. The quantitative estimate of drug-likeness (QED) is 0.467. The lowest BCUT2D eigenvalue weighted by Gasteiger charge is -2.41. The van der Waals surface area contributed by atoms with Crippen molar-refractivity contribution in [3.8, 4) is 0 Å². The zero-order valence-electron chi connectivity index (χ0n) is 11.9. The Morgan fingerprint density at radius 1 is 1.39 bits per heavy atom. The smallest absolute Gasteiger partial charge is 0.407 e. The SMILES string of the molecule is O=C(O)N1CCN2C(=O)c3cc(Cl)c(I)c(Cl)c3COC[C@H]2C1. The molecule has 1 aromatic rings. The highest BCUT2D eigenvalue weighted by Gasteiger charge is 2.36. The highest BCUT2D eigenvalue weighted by atomic mass is 127. The van der Waals surface area contributed by atoms with Crippen LogP contribution in [0.4, 0.5) is 4.79 Å². The molecule has 1 fully saturated rings. The number of hydrogen-bond acceptors (Lipinski definition) is 3. The number of ether oxygens (including phenoxy) is 1. The van der Waals surface area contributed by atoms with Crippen molar-refractivity contribution in [2.45, 2.75) is 12.6 Å². The van der Waals surface area contributed by atoms with Crippen molar-refractivity contribution < 1.29 is 19.4 Å². The fourth-order valence-electron chi connectivity index (χ4n) is 2.86. The van der Waals surface area contributed by atoms with Gasteiger partial charge in [0.25, 0.3) is 5.91 Å². The van der Waals surface area contributed by atoms with E-state index in [1.165, 1.54) is 4.90 Å². The molecule has 1 atom stereocenters. The number of hydrogen-bond donors (Lipinski definition) is 1. The van der Waals surface area contributed by atoms with Crippen LogP contribution in [0.5, 0.6) is 0 Å². The molecule has 2 heterocycles. The van der Waals surface area contributed by atoms with Gasteiger partial charge in [0.15, 0.2) is 0 Å². The van der Waals surface area contributed by atoms with E-state index < -0.39 is 6.09 Å². The second kappa shape index (κ2) is 6.62. The number of rotatable bonds is 0. The van der Waals surface area contributed by atoms with E-state index in [0.29, 0.717) is 31.3 Å². The number of carboxylic acid groups (broad SMARTS) is 1. The van der Waals surface area contributed by atoms with Crippen molar-refractivity contribution in [3.05, 3.63) is 30.8 Å². The second-order valence-corrected chi connectivity index (χ2v) is 7.27. The number of amides is 2. The Morgan fingerprint density at radius 2 is 2.13 bits per heavy atom. The Hall–Kier alpha value is -0.770. The molecule has 1 aromatic carbocycles. The van der Waals surface area contributed by atoms with Gasteiger partial charge < -0.3 is 19.6 Å². The number of nitrogens with zero attached hydrogens (tertiary/aromatic N) is 2. The summed E-state index contributed by atoms with van der Waals surface area (Å²) in [6.45, 7) is 1.30. The van der Waals surface area contributed by atoms with Crippen molar-refractivity contribution in [2.24, 2.45) is 0 Å². The van der Waals surface area contributed by atoms with Gasteiger partial charge in [-0.05, 0) is 28.7 Å². The number of carbonyl (C=O) groups is 2. The first-order valence-corrected chi connectivity index (χ1v) is 8.76. The lowest BCUT2D eigenvalue weighted by atomic mass is 10.0. The molecule has 124 valence electrons. The third-order valence-corrected chi connectivity index (χ3v) is 6.54. The summed E-state index contributed by atoms with van der Waals surface area (Å²) in [7, 11) is 0. The van der Waals surface area contributed by atoms with E-state index in [1.54, 1.807) is 11.0 Å². The summed E-state index contributed by atoms with van der Waals surface area (Å²) >= 11 is 14.5. The van der Waals surface area contributed by atoms with Crippen molar-refractivity contribution in [2.75, 3.05) is 26.2 Å². The Kier molecular flexibility index (Phi) is 4.91. The molecule has 9 heteroatoms. The van der Waals surface area contributed by atoms with Crippen LogP contribution >= 0.6 is 45.8 Å². The molecular formula is C14H13Cl2IN2O4. The van der Waals surface area contributed by atoms with Gasteiger partial charge in [0.05, 0.1) is 32.9 Å². The zero-order chi connectivity index (χ0) is 16.7.